The maximum atomic E-state index is 12.5. The van der Waals surface area contributed by atoms with E-state index in [4.69, 9.17) is 4.74 Å². The van der Waals surface area contributed by atoms with Gasteiger partial charge < -0.3 is 20.3 Å². The highest BCUT2D eigenvalue weighted by molar-refractivity contribution is 5.76. The molecule has 0 spiro atoms. The number of amides is 1. The highest BCUT2D eigenvalue weighted by atomic mass is 16.5. The van der Waals surface area contributed by atoms with Gasteiger partial charge in [-0.25, -0.2) is 0 Å². The molecule has 0 bridgehead atoms. The van der Waals surface area contributed by atoms with Crippen molar-refractivity contribution in [2.24, 2.45) is 0 Å². The number of carbonyl (C=O) groups excluding carboxylic acids is 2. The van der Waals surface area contributed by atoms with Crippen LogP contribution < -0.4 is 5.32 Å². The zero-order valence-electron chi connectivity index (χ0n) is 47.5. The number of hydrogen-bond donors (Lipinski definition) is 3. The third-order valence-electron chi connectivity index (χ3n) is 14.3. The van der Waals surface area contributed by atoms with Gasteiger partial charge in [-0.1, -0.05) is 274 Å². The van der Waals surface area contributed by atoms with E-state index >= 15 is 0 Å². The predicted molar refractivity (Wildman–Crippen MR) is 310 cm³/mol. The highest BCUT2D eigenvalue weighted by Gasteiger charge is 2.18. The topological polar surface area (TPSA) is 95.9 Å². The fourth-order valence-corrected chi connectivity index (χ4v) is 9.50. The smallest absolute Gasteiger partial charge is 0.305 e. The summed E-state index contributed by atoms with van der Waals surface area (Å²) in [6, 6.07) is -0.637. The number of ether oxygens (including phenoxy) is 1. The molecule has 0 fully saturated rings. The minimum Gasteiger partial charge on any atom is -0.466 e. The number of allylic oxidation sites excluding steroid dienone is 7. The molecule has 0 aromatic rings. The Morgan fingerprint density at radius 2 is 0.704 bits per heavy atom. The number of unbranched alkanes of at least 4 members (excludes halogenated alkanes) is 42. The number of esters is 1. The van der Waals surface area contributed by atoms with Gasteiger partial charge in [0.15, 0.2) is 0 Å². The Hall–Kier alpha value is -2.18. The number of rotatable bonds is 58. The second kappa shape index (κ2) is 60.4. The molecule has 0 saturated carbocycles. The average molecular weight is 997 g/mol. The second-order valence-corrected chi connectivity index (χ2v) is 21.4. The molecule has 6 nitrogen and oxygen atoms in total. The zero-order valence-corrected chi connectivity index (χ0v) is 47.5. The highest BCUT2D eigenvalue weighted by Crippen LogP contribution is 2.17. The molecule has 0 heterocycles. The van der Waals surface area contributed by atoms with E-state index in [-0.39, 0.29) is 18.5 Å². The number of carbonyl (C=O) groups is 2. The van der Waals surface area contributed by atoms with Crippen molar-refractivity contribution >= 4 is 11.9 Å². The number of aliphatic hydroxyl groups excluding tert-OH is 2. The predicted octanol–water partition coefficient (Wildman–Crippen LogP) is 19.7. The summed E-state index contributed by atoms with van der Waals surface area (Å²) in [6.45, 7) is 4.87. The lowest BCUT2D eigenvalue weighted by molar-refractivity contribution is -0.143. The summed E-state index contributed by atoms with van der Waals surface area (Å²) in [5.74, 6) is -0.0980. The Balaban J connectivity index is 3.51. The Morgan fingerprint density at radius 1 is 0.394 bits per heavy atom. The second-order valence-electron chi connectivity index (χ2n) is 21.4. The summed E-state index contributed by atoms with van der Waals surface area (Å²) in [5.41, 5.74) is 0. The van der Waals surface area contributed by atoms with Crippen molar-refractivity contribution < 1.29 is 24.5 Å². The Kier molecular flexibility index (Phi) is 58.5. The molecule has 1 amide bonds. The number of nitrogens with one attached hydrogen (secondary N) is 1. The van der Waals surface area contributed by atoms with E-state index in [0.29, 0.717) is 19.4 Å². The van der Waals surface area contributed by atoms with Crippen molar-refractivity contribution in [3.8, 4) is 0 Å². The maximum Gasteiger partial charge on any atom is 0.305 e. The largest absolute Gasteiger partial charge is 0.466 e. The SMILES string of the molecule is CCCCCCCCC/C=C\CCCCCCCC(=O)OCCCCC/C=C\C=C/CCCCCCCCCCCCC(=O)NC(CO)C(O)/C=C/CCCCCCCCCCCCCCCCCCC. The van der Waals surface area contributed by atoms with Crippen LogP contribution in [0.15, 0.2) is 48.6 Å². The molecular formula is C65H121NO5. The first-order valence-corrected chi connectivity index (χ1v) is 31.4. The van der Waals surface area contributed by atoms with Crippen LogP contribution in [0.25, 0.3) is 0 Å². The van der Waals surface area contributed by atoms with E-state index in [9.17, 15) is 19.8 Å². The van der Waals surface area contributed by atoms with E-state index in [1.54, 1.807) is 6.08 Å². The van der Waals surface area contributed by atoms with Gasteiger partial charge in [-0.05, 0) is 89.9 Å². The Labute approximate surface area is 442 Å². The molecule has 3 N–H and O–H groups in total. The van der Waals surface area contributed by atoms with Gasteiger partial charge in [0, 0.05) is 12.8 Å². The minimum atomic E-state index is -0.853. The van der Waals surface area contributed by atoms with Crippen LogP contribution in [-0.4, -0.2) is 47.4 Å². The van der Waals surface area contributed by atoms with E-state index in [0.717, 1.165) is 77.0 Å². The summed E-state index contributed by atoms with van der Waals surface area (Å²) >= 11 is 0. The summed E-state index contributed by atoms with van der Waals surface area (Å²) in [5, 5.41) is 23.2. The molecule has 0 radical (unpaired) electrons. The van der Waals surface area contributed by atoms with Crippen molar-refractivity contribution in [2.45, 2.75) is 341 Å². The van der Waals surface area contributed by atoms with Crippen LogP contribution >= 0.6 is 0 Å². The van der Waals surface area contributed by atoms with Gasteiger partial charge >= 0.3 is 5.97 Å². The molecule has 0 rings (SSSR count). The average Bonchev–Trinajstić information content (AvgIpc) is 3.37. The van der Waals surface area contributed by atoms with E-state index < -0.39 is 12.1 Å². The van der Waals surface area contributed by atoms with Gasteiger partial charge in [0.05, 0.1) is 25.4 Å². The fourth-order valence-electron chi connectivity index (χ4n) is 9.50. The molecule has 2 atom stereocenters. The molecule has 0 aliphatic heterocycles. The van der Waals surface area contributed by atoms with E-state index in [2.05, 4.69) is 55.6 Å². The zero-order chi connectivity index (χ0) is 51.4. The lowest BCUT2D eigenvalue weighted by Crippen LogP contribution is -2.45. The van der Waals surface area contributed by atoms with Crippen molar-refractivity contribution in [3.63, 3.8) is 0 Å². The first-order valence-electron chi connectivity index (χ1n) is 31.4. The molecular weight excluding hydrogens is 875 g/mol. The van der Waals surface area contributed by atoms with E-state index in [1.807, 2.05) is 6.08 Å². The maximum absolute atomic E-state index is 12.5. The third kappa shape index (κ3) is 57.0. The normalized spacial score (nSPS) is 12.9. The van der Waals surface area contributed by atoms with Crippen LogP contribution in [0.4, 0.5) is 0 Å². The molecule has 0 aliphatic carbocycles. The molecule has 0 aliphatic rings. The van der Waals surface area contributed by atoms with Crippen molar-refractivity contribution in [1.29, 1.82) is 0 Å². The standard InChI is InChI=1S/C65H121NO5/c1-3-5-7-9-11-13-15-17-19-21-23-26-29-33-37-41-45-49-53-57-63(68)62(61-67)66-64(69)58-54-50-46-42-38-34-30-27-24-22-25-28-32-36-40-44-48-52-56-60-71-65(70)59-55-51-47-43-39-35-31-20-18-16-14-12-10-8-6-4-2/h20,28,31-32,36,40,53,57,62-63,67-68H,3-19,21-27,29-30,33-35,37-39,41-52,54-56,58-61H2,1-2H3,(H,66,69)/b31-20-,32-28-,40-36-,57-53+. The van der Waals surface area contributed by atoms with Crippen LogP contribution in [0, 0.1) is 0 Å². The molecule has 2 unspecified atom stereocenters. The van der Waals surface area contributed by atoms with Crippen LogP contribution in [0.5, 0.6) is 0 Å². The molecule has 0 aromatic heterocycles. The summed E-state index contributed by atoms with van der Waals surface area (Å²) in [4.78, 5) is 24.5. The van der Waals surface area contributed by atoms with Crippen LogP contribution in [0.1, 0.15) is 328 Å². The number of aliphatic hydroxyl groups is 2. The minimum absolute atomic E-state index is 0.0216. The van der Waals surface area contributed by atoms with Crippen molar-refractivity contribution in [2.75, 3.05) is 13.2 Å². The van der Waals surface area contributed by atoms with Crippen LogP contribution in [-0.2, 0) is 14.3 Å². The molecule has 0 aromatic carbocycles. The van der Waals surface area contributed by atoms with Crippen molar-refractivity contribution in [1.82, 2.24) is 5.32 Å². The summed E-state index contributed by atoms with van der Waals surface area (Å²) in [6.07, 6.45) is 77.2. The molecule has 71 heavy (non-hydrogen) atoms. The molecule has 0 saturated heterocycles. The number of hydrogen-bond acceptors (Lipinski definition) is 5. The van der Waals surface area contributed by atoms with Crippen LogP contribution in [0.2, 0.25) is 0 Å². The van der Waals surface area contributed by atoms with Gasteiger partial charge in [-0.15, -0.1) is 0 Å². The fraction of sp³-hybridized carbons (Fsp3) is 0.846. The van der Waals surface area contributed by atoms with Crippen molar-refractivity contribution in [3.05, 3.63) is 48.6 Å². The first-order chi connectivity index (χ1) is 35.0. The third-order valence-corrected chi connectivity index (χ3v) is 14.3. The van der Waals surface area contributed by atoms with Gasteiger partial charge in [0.1, 0.15) is 0 Å². The van der Waals surface area contributed by atoms with Crippen LogP contribution in [0.3, 0.4) is 0 Å². The lowest BCUT2D eigenvalue weighted by Gasteiger charge is -2.20. The monoisotopic (exact) mass is 996 g/mol. The molecule has 416 valence electrons. The first kappa shape index (κ1) is 68.8. The molecule has 6 heteroatoms. The summed E-state index contributed by atoms with van der Waals surface area (Å²) < 4.78 is 5.46. The van der Waals surface area contributed by atoms with Gasteiger partial charge in [0.25, 0.3) is 0 Å². The van der Waals surface area contributed by atoms with Gasteiger partial charge in [-0.3, -0.25) is 9.59 Å². The van der Waals surface area contributed by atoms with E-state index in [1.165, 1.54) is 225 Å². The van der Waals surface area contributed by atoms with Gasteiger partial charge in [-0.2, -0.15) is 0 Å². The Bertz CT molecular complexity index is 1190. The summed E-state index contributed by atoms with van der Waals surface area (Å²) in [7, 11) is 0. The Morgan fingerprint density at radius 3 is 1.08 bits per heavy atom. The lowest BCUT2D eigenvalue weighted by atomic mass is 10.0. The quantitative estimate of drug-likeness (QED) is 0.0244. The van der Waals surface area contributed by atoms with Gasteiger partial charge in [0.2, 0.25) is 5.91 Å².